The van der Waals surface area contributed by atoms with Gasteiger partial charge < -0.3 is 19.9 Å². The number of likely N-dealkylation sites (tertiary alicyclic amines) is 1. The Morgan fingerprint density at radius 1 is 1.32 bits per heavy atom. The molecule has 5 heteroatoms. The van der Waals surface area contributed by atoms with E-state index >= 15 is 0 Å². The smallest absolute Gasteiger partial charge is 0.194 e. The Morgan fingerprint density at radius 2 is 2.16 bits per heavy atom. The SMILES string of the molecule is CCNC(=NCC1CCCN1C)N1CCOC(c2ccccc2C)C1. The van der Waals surface area contributed by atoms with E-state index in [1.807, 2.05) is 0 Å². The Balaban J connectivity index is 1.69. The summed E-state index contributed by atoms with van der Waals surface area (Å²) in [7, 11) is 2.21. The van der Waals surface area contributed by atoms with Crippen molar-refractivity contribution in [2.75, 3.05) is 46.4 Å². The van der Waals surface area contributed by atoms with Gasteiger partial charge in [0.15, 0.2) is 5.96 Å². The highest BCUT2D eigenvalue weighted by atomic mass is 16.5. The summed E-state index contributed by atoms with van der Waals surface area (Å²) in [6, 6.07) is 9.11. The van der Waals surface area contributed by atoms with E-state index < -0.39 is 0 Å². The Morgan fingerprint density at radius 3 is 2.88 bits per heavy atom. The molecule has 0 amide bonds. The number of morpholine rings is 1. The zero-order valence-corrected chi connectivity index (χ0v) is 15.9. The number of nitrogens with one attached hydrogen (secondary N) is 1. The van der Waals surface area contributed by atoms with E-state index in [0.717, 1.165) is 38.7 Å². The molecule has 0 saturated carbocycles. The molecule has 2 heterocycles. The van der Waals surface area contributed by atoms with Gasteiger partial charge in [0.2, 0.25) is 0 Å². The second-order valence-corrected chi connectivity index (χ2v) is 7.13. The second kappa shape index (κ2) is 8.68. The quantitative estimate of drug-likeness (QED) is 0.673. The van der Waals surface area contributed by atoms with Crippen LogP contribution in [0, 0.1) is 6.92 Å². The minimum absolute atomic E-state index is 0.118. The van der Waals surface area contributed by atoms with Gasteiger partial charge in [-0.05, 0) is 51.4 Å². The number of aliphatic imine (C=N–C) groups is 1. The topological polar surface area (TPSA) is 40.1 Å². The van der Waals surface area contributed by atoms with Crippen molar-refractivity contribution in [3.05, 3.63) is 35.4 Å². The molecule has 0 radical (unpaired) electrons. The van der Waals surface area contributed by atoms with Gasteiger partial charge in [0, 0.05) is 19.1 Å². The lowest BCUT2D eigenvalue weighted by Crippen LogP contribution is -2.48. The first kappa shape index (κ1) is 18.2. The van der Waals surface area contributed by atoms with Gasteiger partial charge in [0.05, 0.1) is 19.7 Å². The summed E-state index contributed by atoms with van der Waals surface area (Å²) >= 11 is 0. The molecule has 3 rings (SSSR count). The molecule has 2 fully saturated rings. The van der Waals surface area contributed by atoms with Crippen molar-refractivity contribution in [1.29, 1.82) is 0 Å². The van der Waals surface area contributed by atoms with Crippen molar-refractivity contribution in [1.82, 2.24) is 15.1 Å². The highest BCUT2D eigenvalue weighted by molar-refractivity contribution is 5.80. The first-order chi connectivity index (χ1) is 12.2. The predicted octanol–water partition coefficient (Wildman–Crippen LogP) is 2.43. The molecule has 0 bridgehead atoms. The van der Waals surface area contributed by atoms with Crippen LogP contribution in [-0.4, -0.2) is 68.2 Å². The summed E-state index contributed by atoms with van der Waals surface area (Å²) in [6.45, 7) is 9.77. The van der Waals surface area contributed by atoms with Crippen LogP contribution in [0.1, 0.15) is 37.0 Å². The Bertz CT molecular complexity index is 589. The summed E-state index contributed by atoms with van der Waals surface area (Å²) in [4.78, 5) is 9.75. The van der Waals surface area contributed by atoms with E-state index in [1.54, 1.807) is 0 Å². The van der Waals surface area contributed by atoms with Crippen LogP contribution in [0.5, 0.6) is 0 Å². The van der Waals surface area contributed by atoms with E-state index in [1.165, 1.54) is 30.5 Å². The van der Waals surface area contributed by atoms with Gasteiger partial charge in [-0.15, -0.1) is 0 Å². The minimum atomic E-state index is 0.118. The summed E-state index contributed by atoms with van der Waals surface area (Å²) in [5.41, 5.74) is 2.59. The standard InChI is InChI=1S/C20H32N4O/c1-4-21-20(22-14-17-9-7-11-23(17)3)24-12-13-25-19(15-24)18-10-6-5-8-16(18)2/h5-6,8,10,17,19H,4,7,9,11-15H2,1-3H3,(H,21,22). The maximum atomic E-state index is 6.07. The second-order valence-electron chi connectivity index (χ2n) is 7.13. The molecular weight excluding hydrogens is 312 g/mol. The first-order valence-corrected chi connectivity index (χ1v) is 9.59. The first-order valence-electron chi connectivity index (χ1n) is 9.59. The van der Waals surface area contributed by atoms with E-state index in [0.29, 0.717) is 6.04 Å². The molecule has 0 aromatic heterocycles. The van der Waals surface area contributed by atoms with Crippen molar-refractivity contribution in [3.8, 4) is 0 Å². The molecule has 0 spiro atoms. The van der Waals surface area contributed by atoms with Crippen LogP contribution in [0.2, 0.25) is 0 Å². The van der Waals surface area contributed by atoms with E-state index in [4.69, 9.17) is 9.73 Å². The average molecular weight is 345 g/mol. The van der Waals surface area contributed by atoms with Gasteiger partial charge in [-0.2, -0.15) is 0 Å². The molecular formula is C20H32N4O. The molecule has 2 unspecified atom stereocenters. The predicted molar refractivity (Wildman–Crippen MR) is 103 cm³/mol. The fraction of sp³-hybridized carbons (Fsp3) is 0.650. The van der Waals surface area contributed by atoms with Gasteiger partial charge in [0.1, 0.15) is 6.10 Å². The van der Waals surface area contributed by atoms with E-state index in [2.05, 4.69) is 60.3 Å². The highest BCUT2D eigenvalue weighted by Crippen LogP contribution is 2.25. The zero-order valence-electron chi connectivity index (χ0n) is 15.9. The third kappa shape index (κ3) is 4.53. The van der Waals surface area contributed by atoms with Crippen molar-refractivity contribution in [2.45, 2.75) is 38.8 Å². The van der Waals surface area contributed by atoms with E-state index in [-0.39, 0.29) is 6.10 Å². The number of likely N-dealkylation sites (N-methyl/N-ethyl adjacent to an activating group) is 1. The number of hydrogen-bond donors (Lipinski definition) is 1. The molecule has 0 aliphatic carbocycles. The van der Waals surface area contributed by atoms with Crippen molar-refractivity contribution < 1.29 is 4.74 Å². The van der Waals surface area contributed by atoms with Crippen LogP contribution >= 0.6 is 0 Å². The van der Waals surface area contributed by atoms with E-state index in [9.17, 15) is 0 Å². The van der Waals surface area contributed by atoms with Crippen molar-refractivity contribution in [3.63, 3.8) is 0 Å². The molecule has 2 saturated heterocycles. The number of aryl methyl sites for hydroxylation is 1. The normalized spacial score (nSPS) is 25.4. The number of ether oxygens (including phenoxy) is 1. The molecule has 25 heavy (non-hydrogen) atoms. The molecule has 1 aromatic rings. The van der Waals surface area contributed by atoms with Crippen LogP contribution in [0.15, 0.2) is 29.3 Å². The zero-order chi connectivity index (χ0) is 17.6. The maximum absolute atomic E-state index is 6.07. The van der Waals surface area contributed by atoms with Gasteiger partial charge in [-0.3, -0.25) is 4.99 Å². The molecule has 138 valence electrons. The van der Waals surface area contributed by atoms with Crippen LogP contribution in [-0.2, 0) is 4.74 Å². The summed E-state index contributed by atoms with van der Waals surface area (Å²) in [5.74, 6) is 1.03. The minimum Gasteiger partial charge on any atom is -0.370 e. The van der Waals surface area contributed by atoms with Crippen LogP contribution in [0.3, 0.4) is 0 Å². The number of guanidine groups is 1. The molecule has 5 nitrogen and oxygen atoms in total. The summed E-state index contributed by atoms with van der Waals surface area (Å²) in [5, 5.41) is 3.48. The summed E-state index contributed by atoms with van der Waals surface area (Å²) in [6.07, 6.45) is 2.67. The largest absolute Gasteiger partial charge is 0.370 e. The average Bonchev–Trinajstić information content (AvgIpc) is 3.04. The molecule has 1 aromatic carbocycles. The Labute approximate surface area is 152 Å². The molecule has 1 N–H and O–H groups in total. The maximum Gasteiger partial charge on any atom is 0.194 e. The van der Waals surface area contributed by atoms with Gasteiger partial charge in [0.25, 0.3) is 0 Å². The van der Waals surface area contributed by atoms with Crippen LogP contribution < -0.4 is 5.32 Å². The third-order valence-corrected chi connectivity index (χ3v) is 5.36. The lowest BCUT2D eigenvalue weighted by atomic mass is 10.0. The molecule has 2 aliphatic rings. The number of benzene rings is 1. The Hall–Kier alpha value is -1.59. The lowest BCUT2D eigenvalue weighted by molar-refractivity contribution is -0.00835. The van der Waals surface area contributed by atoms with Gasteiger partial charge >= 0.3 is 0 Å². The Kier molecular flexibility index (Phi) is 6.32. The van der Waals surface area contributed by atoms with Crippen LogP contribution in [0.25, 0.3) is 0 Å². The monoisotopic (exact) mass is 344 g/mol. The fourth-order valence-electron chi connectivity index (χ4n) is 3.81. The van der Waals surface area contributed by atoms with Crippen molar-refractivity contribution >= 4 is 5.96 Å². The third-order valence-electron chi connectivity index (χ3n) is 5.36. The van der Waals surface area contributed by atoms with Gasteiger partial charge in [-0.25, -0.2) is 0 Å². The number of hydrogen-bond acceptors (Lipinski definition) is 3. The van der Waals surface area contributed by atoms with Gasteiger partial charge in [-0.1, -0.05) is 24.3 Å². The van der Waals surface area contributed by atoms with Crippen LogP contribution in [0.4, 0.5) is 0 Å². The summed E-state index contributed by atoms with van der Waals surface area (Å²) < 4.78 is 6.07. The molecule has 2 aliphatic heterocycles. The van der Waals surface area contributed by atoms with Crippen molar-refractivity contribution in [2.24, 2.45) is 4.99 Å². The molecule has 2 atom stereocenters. The number of rotatable bonds is 4. The number of nitrogens with zero attached hydrogens (tertiary/aromatic N) is 3. The fourth-order valence-corrected chi connectivity index (χ4v) is 3.81. The lowest BCUT2D eigenvalue weighted by Gasteiger charge is -2.36. The highest BCUT2D eigenvalue weighted by Gasteiger charge is 2.26.